The fraction of sp³-hybridized carbons (Fsp3) is 0.200. The molecule has 0 aliphatic heterocycles. The van der Waals surface area contributed by atoms with E-state index in [1.165, 1.54) is 6.07 Å². The molecule has 0 fully saturated rings. The molecular weight excluding hydrogens is 307 g/mol. The van der Waals surface area contributed by atoms with Gasteiger partial charge in [-0.1, -0.05) is 52.3 Å². The van der Waals surface area contributed by atoms with Gasteiger partial charge in [0.25, 0.3) is 0 Å². The van der Waals surface area contributed by atoms with Crippen LogP contribution in [0.1, 0.15) is 22.7 Å². The topological polar surface area (TPSA) is 38.0 Å². The lowest BCUT2D eigenvalue weighted by molar-refractivity contribution is 0.527. The third kappa shape index (κ3) is 3.21. The molecule has 0 saturated heterocycles. The van der Waals surface area contributed by atoms with Crippen molar-refractivity contribution in [3.63, 3.8) is 0 Å². The lowest BCUT2D eigenvalue weighted by Crippen LogP contribution is -2.30. The molecule has 2 rings (SSSR count). The Labute approximate surface area is 120 Å². The first-order chi connectivity index (χ1) is 9.13. The average Bonchev–Trinajstić information content (AvgIpc) is 2.41. The van der Waals surface area contributed by atoms with Gasteiger partial charge in [0.15, 0.2) is 0 Å². The van der Waals surface area contributed by atoms with Gasteiger partial charge in [-0.05, 0) is 36.1 Å². The summed E-state index contributed by atoms with van der Waals surface area (Å²) in [6.07, 6.45) is 0.505. The summed E-state index contributed by atoms with van der Waals surface area (Å²) in [4.78, 5) is 0. The second-order valence-electron chi connectivity index (χ2n) is 4.49. The van der Waals surface area contributed by atoms with Gasteiger partial charge in [0.05, 0.1) is 6.04 Å². The monoisotopic (exact) mass is 322 g/mol. The summed E-state index contributed by atoms with van der Waals surface area (Å²) in [6, 6.07) is 12.6. The average molecular weight is 323 g/mol. The minimum Gasteiger partial charge on any atom is -0.271 e. The number of hydrogen-bond donors (Lipinski definition) is 2. The zero-order valence-corrected chi connectivity index (χ0v) is 12.2. The molecule has 0 amide bonds. The van der Waals surface area contributed by atoms with E-state index in [9.17, 15) is 4.39 Å². The molecule has 2 aromatic carbocycles. The van der Waals surface area contributed by atoms with E-state index >= 15 is 0 Å². The first kappa shape index (κ1) is 14.2. The summed E-state index contributed by atoms with van der Waals surface area (Å²) >= 11 is 3.56. The molecule has 2 nitrogen and oxygen atoms in total. The second-order valence-corrected chi connectivity index (χ2v) is 5.29. The Bertz CT molecular complexity index is 572. The normalized spacial score (nSPS) is 12.4. The molecule has 0 bridgehead atoms. The zero-order valence-electron chi connectivity index (χ0n) is 10.7. The summed E-state index contributed by atoms with van der Waals surface area (Å²) in [5.74, 6) is 5.43. The fourth-order valence-corrected chi connectivity index (χ4v) is 2.62. The highest BCUT2D eigenvalue weighted by atomic mass is 79.9. The van der Waals surface area contributed by atoms with E-state index in [1.807, 2.05) is 31.2 Å². The number of aryl methyl sites for hydroxylation is 1. The Kier molecular flexibility index (Phi) is 4.69. The number of hydrazine groups is 1. The maximum Gasteiger partial charge on any atom is 0.126 e. The molecule has 0 radical (unpaired) electrons. The molecule has 4 heteroatoms. The quantitative estimate of drug-likeness (QED) is 0.666. The highest BCUT2D eigenvalue weighted by molar-refractivity contribution is 9.10. The highest BCUT2D eigenvalue weighted by Crippen LogP contribution is 2.28. The number of hydrogen-bond acceptors (Lipinski definition) is 2. The van der Waals surface area contributed by atoms with Crippen LogP contribution in [0.25, 0.3) is 0 Å². The number of halogens is 2. The molecule has 0 heterocycles. The number of rotatable bonds is 4. The van der Waals surface area contributed by atoms with Crippen LogP contribution >= 0.6 is 15.9 Å². The van der Waals surface area contributed by atoms with Crippen molar-refractivity contribution >= 4 is 15.9 Å². The van der Waals surface area contributed by atoms with Crippen molar-refractivity contribution in [2.75, 3.05) is 0 Å². The first-order valence-corrected chi connectivity index (χ1v) is 6.87. The minimum absolute atomic E-state index is 0.133. The predicted octanol–water partition coefficient (Wildman–Crippen LogP) is 3.64. The third-order valence-corrected chi connectivity index (χ3v) is 4.26. The SMILES string of the molecule is Cc1cccc(C(Cc2ccccc2F)NN)c1Br. The van der Waals surface area contributed by atoms with Gasteiger partial charge >= 0.3 is 0 Å². The Morgan fingerprint density at radius 2 is 1.95 bits per heavy atom. The van der Waals surface area contributed by atoms with Crippen molar-refractivity contribution in [1.29, 1.82) is 0 Å². The molecule has 2 aromatic rings. The Morgan fingerprint density at radius 1 is 1.21 bits per heavy atom. The van der Waals surface area contributed by atoms with Gasteiger partial charge in [0.1, 0.15) is 5.82 Å². The van der Waals surface area contributed by atoms with Crippen LogP contribution in [0.15, 0.2) is 46.9 Å². The smallest absolute Gasteiger partial charge is 0.126 e. The van der Waals surface area contributed by atoms with Crippen LogP contribution in [0.4, 0.5) is 4.39 Å². The molecule has 0 aromatic heterocycles. The largest absolute Gasteiger partial charge is 0.271 e. The summed E-state index contributed by atoms with van der Waals surface area (Å²) in [5.41, 5.74) is 5.58. The van der Waals surface area contributed by atoms with Crippen molar-refractivity contribution in [3.05, 3.63) is 69.4 Å². The van der Waals surface area contributed by atoms with Gasteiger partial charge in [-0.2, -0.15) is 0 Å². The van der Waals surface area contributed by atoms with Crippen LogP contribution in [0, 0.1) is 12.7 Å². The molecule has 0 saturated carbocycles. The Morgan fingerprint density at radius 3 is 2.63 bits per heavy atom. The van der Waals surface area contributed by atoms with E-state index in [-0.39, 0.29) is 11.9 Å². The molecule has 3 N–H and O–H groups in total. The van der Waals surface area contributed by atoms with Crippen molar-refractivity contribution in [1.82, 2.24) is 5.43 Å². The summed E-state index contributed by atoms with van der Waals surface area (Å²) < 4.78 is 14.7. The molecule has 0 spiro atoms. The first-order valence-electron chi connectivity index (χ1n) is 6.08. The van der Waals surface area contributed by atoms with Crippen LogP contribution in [0.2, 0.25) is 0 Å². The van der Waals surface area contributed by atoms with Crippen molar-refractivity contribution < 1.29 is 4.39 Å². The summed E-state index contributed by atoms with van der Waals surface area (Å²) in [6.45, 7) is 2.02. The van der Waals surface area contributed by atoms with Crippen LogP contribution < -0.4 is 11.3 Å². The number of benzene rings is 2. The van der Waals surface area contributed by atoms with Crippen LogP contribution in [-0.4, -0.2) is 0 Å². The molecule has 100 valence electrons. The van der Waals surface area contributed by atoms with E-state index in [1.54, 1.807) is 12.1 Å². The Hall–Kier alpha value is -1.23. The highest BCUT2D eigenvalue weighted by Gasteiger charge is 2.16. The third-order valence-electron chi connectivity index (χ3n) is 3.18. The van der Waals surface area contributed by atoms with Gasteiger partial charge in [0.2, 0.25) is 0 Å². The van der Waals surface area contributed by atoms with Gasteiger partial charge in [-0.25, -0.2) is 4.39 Å². The molecule has 19 heavy (non-hydrogen) atoms. The minimum atomic E-state index is -0.202. The van der Waals surface area contributed by atoms with Crippen LogP contribution in [-0.2, 0) is 6.42 Å². The lowest BCUT2D eigenvalue weighted by atomic mass is 9.98. The number of nitrogens with two attached hydrogens (primary N) is 1. The second kappa shape index (κ2) is 6.28. The van der Waals surface area contributed by atoms with Gasteiger partial charge in [-0.15, -0.1) is 0 Å². The van der Waals surface area contributed by atoms with E-state index in [2.05, 4.69) is 21.4 Å². The van der Waals surface area contributed by atoms with Crippen molar-refractivity contribution in [2.45, 2.75) is 19.4 Å². The maximum absolute atomic E-state index is 13.7. The fourth-order valence-electron chi connectivity index (χ4n) is 2.08. The molecular formula is C15H16BrFN2. The van der Waals surface area contributed by atoms with Gasteiger partial charge in [0, 0.05) is 4.47 Å². The summed E-state index contributed by atoms with van der Waals surface area (Å²) in [5, 5.41) is 0. The van der Waals surface area contributed by atoms with Crippen LogP contribution in [0.3, 0.4) is 0 Å². The van der Waals surface area contributed by atoms with E-state index in [4.69, 9.17) is 5.84 Å². The van der Waals surface area contributed by atoms with E-state index in [0.717, 1.165) is 15.6 Å². The van der Waals surface area contributed by atoms with Crippen LogP contribution in [0.5, 0.6) is 0 Å². The lowest BCUT2D eigenvalue weighted by Gasteiger charge is -2.19. The van der Waals surface area contributed by atoms with Crippen molar-refractivity contribution in [3.8, 4) is 0 Å². The van der Waals surface area contributed by atoms with Gasteiger partial charge in [-0.3, -0.25) is 11.3 Å². The maximum atomic E-state index is 13.7. The van der Waals surface area contributed by atoms with E-state index < -0.39 is 0 Å². The van der Waals surface area contributed by atoms with Gasteiger partial charge < -0.3 is 0 Å². The number of nitrogens with one attached hydrogen (secondary N) is 1. The standard InChI is InChI=1S/C15H16BrFN2/c1-10-5-4-7-12(15(10)16)14(19-18)9-11-6-2-3-8-13(11)17/h2-8,14,19H,9,18H2,1H3. The summed E-state index contributed by atoms with van der Waals surface area (Å²) in [7, 11) is 0. The predicted molar refractivity (Wildman–Crippen MR) is 79.0 cm³/mol. The van der Waals surface area contributed by atoms with Crippen molar-refractivity contribution in [2.24, 2.45) is 5.84 Å². The molecule has 0 aliphatic rings. The molecule has 0 aliphatic carbocycles. The molecule has 1 unspecified atom stereocenters. The Balaban J connectivity index is 2.31. The van der Waals surface area contributed by atoms with E-state index in [0.29, 0.717) is 12.0 Å². The zero-order chi connectivity index (χ0) is 13.8. The molecule has 1 atom stereocenters.